The van der Waals surface area contributed by atoms with Crippen molar-refractivity contribution >= 4 is 68.7 Å². The summed E-state index contributed by atoms with van der Waals surface area (Å²) in [4.78, 5) is 29.0. The van der Waals surface area contributed by atoms with Gasteiger partial charge >= 0.3 is 0 Å². The minimum absolute atomic E-state index is 0.0564. The molecule has 8 rings (SSSR count). The number of rotatable bonds is 13. The minimum atomic E-state index is -0.0634. The smallest absolute Gasteiger partial charge is 0.221 e. The van der Waals surface area contributed by atoms with Crippen LogP contribution < -0.4 is 24.7 Å². The molecule has 292 valence electrons. The van der Waals surface area contributed by atoms with E-state index in [4.69, 9.17) is 0 Å². The van der Waals surface area contributed by atoms with Crippen molar-refractivity contribution in [1.29, 1.82) is 0 Å². The summed E-state index contributed by atoms with van der Waals surface area (Å²) in [5.74, 6) is 2.45. The van der Waals surface area contributed by atoms with E-state index in [-0.39, 0.29) is 11.8 Å². The topological polar surface area (TPSA) is 72.4 Å². The van der Waals surface area contributed by atoms with E-state index in [2.05, 4.69) is 96.6 Å². The number of nitrogens with one attached hydrogen (secondary N) is 2. The molecule has 1 aliphatic carbocycles. The van der Waals surface area contributed by atoms with Gasteiger partial charge in [-0.1, -0.05) is 33.7 Å². The van der Waals surface area contributed by atoms with Crippen LogP contribution in [0.4, 0.5) is 17.1 Å². The van der Waals surface area contributed by atoms with Gasteiger partial charge in [0.1, 0.15) is 0 Å². The van der Waals surface area contributed by atoms with E-state index in [1.807, 2.05) is 33.7 Å². The van der Waals surface area contributed by atoms with Gasteiger partial charge in [0.15, 0.2) is 25.5 Å². The van der Waals surface area contributed by atoms with Crippen molar-refractivity contribution in [3.63, 3.8) is 0 Å². The lowest BCUT2D eigenvalue weighted by atomic mass is 9.78. The molecule has 0 radical (unpaired) electrons. The molecule has 2 amide bonds. The second-order valence-corrected chi connectivity index (χ2v) is 18.6. The van der Waals surface area contributed by atoms with E-state index in [1.54, 1.807) is 25.1 Å². The number of amides is 2. The fourth-order valence-electron chi connectivity index (χ4n) is 9.40. The number of hydrogen-bond donors (Lipinski definition) is 2. The molecule has 0 saturated carbocycles. The van der Waals surface area contributed by atoms with Crippen molar-refractivity contribution in [2.24, 2.45) is 5.92 Å². The van der Waals surface area contributed by atoms with Gasteiger partial charge < -0.3 is 20.4 Å². The van der Waals surface area contributed by atoms with Gasteiger partial charge in [-0.3, -0.25) is 9.59 Å². The van der Waals surface area contributed by atoms with E-state index in [0.717, 1.165) is 66.6 Å². The highest BCUT2D eigenvalue weighted by atomic mass is 33.1. The number of hydrogen-bond acceptors (Lipinski definition) is 6. The maximum Gasteiger partial charge on any atom is 0.221 e. The number of allylic oxidation sites excluding steroid dienone is 5. The molecule has 1 atom stereocenters. The van der Waals surface area contributed by atoms with E-state index in [9.17, 15) is 9.59 Å². The highest BCUT2D eigenvalue weighted by Gasteiger charge is 2.32. The first-order valence-corrected chi connectivity index (χ1v) is 23.2. The Morgan fingerprint density at radius 1 is 0.732 bits per heavy atom. The summed E-state index contributed by atoms with van der Waals surface area (Å²) in [5, 5.41) is 5.95. The van der Waals surface area contributed by atoms with Crippen LogP contribution in [-0.2, 0) is 35.5 Å². The largest absolute Gasteiger partial charge is 0.374 e. The average molecular weight is 789 g/mol. The van der Waals surface area contributed by atoms with Gasteiger partial charge in [0, 0.05) is 93.7 Å². The number of pyridine rings is 2. The minimum Gasteiger partial charge on any atom is -0.374 e. The molecule has 1 fully saturated rings. The zero-order valence-electron chi connectivity index (χ0n) is 33.0. The number of piperidine rings is 1. The second-order valence-electron chi connectivity index (χ2n) is 15.9. The Morgan fingerprint density at radius 2 is 1.30 bits per heavy atom. The molecular formula is C46H56N6O2S2+2. The molecule has 10 heteroatoms. The average Bonchev–Trinajstić information content (AvgIpc) is 3.18. The second kappa shape index (κ2) is 17.9. The van der Waals surface area contributed by atoms with Crippen LogP contribution >= 0.6 is 21.6 Å². The van der Waals surface area contributed by atoms with Gasteiger partial charge in [0.05, 0.1) is 22.9 Å². The lowest BCUT2D eigenvalue weighted by molar-refractivity contribution is -0.694. The van der Waals surface area contributed by atoms with Gasteiger partial charge in [0.25, 0.3) is 0 Å². The number of benzene rings is 1. The molecule has 8 nitrogen and oxygen atoms in total. The lowest BCUT2D eigenvalue weighted by Crippen LogP contribution is -2.38. The Kier molecular flexibility index (Phi) is 12.3. The summed E-state index contributed by atoms with van der Waals surface area (Å²) in [6.45, 7) is 9.67. The Labute approximate surface area is 340 Å². The molecular weight excluding hydrogens is 733 g/mol. The third-order valence-corrected chi connectivity index (χ3v) is 14.1. The van der Waals surface area contributed by atoms with Gasteiger partial charge in [0.2, 0.25) is 23.2 Å². The number of carbonyl (C=O) groups excluding carboxylic acids is 2. The molecule has 2 N–H and O–H groups in total. The highest BCUT2D eigenvalue weighted by Crippen LogP contribution is 2.42. The summed E-state index contributed by atoms with van der Waals surface area (Å²) in [6, 6.07) is 12.9. The maximum absolute atomic E-state index is 11.9. The Hall–Kier alpha value is -4.28. The summed E-state index contributed by atoms with van der Waals surface area (Å²) >= 11 is 0. The predicted molar refractivity (Wildman–Crippen MR) is 233 cm³/mol. The van der Waals surface area contributed by atoms with Crippen LogP contribution in [0.1, 0.15) is 86.9 Å². The Bertz CT molecular complexity index is 2070. The molecule has 5 aliphatic rings. The van der Waals surface area contributed by atoms with Crippen LogP contribution in [0.2, 0.25) is 0 Å². The van der Waals surface area contributed by atoms with Crippen LogP contribution in [0.3, 0.4) is 0 Å². The highest BCUT2D eigenvalue weighted by molar-refractivity contribution is 8.76. The molecule has 1 saturated heterocycles. The summed E-state index contributed by atoms with van der Waals surface area (Å²) in [7, 11) is 3.79. The van der Waals surface area contributed by atoms with Crippen molar-refractivity contribution < 1.29 is 18.7 Å². The molecule has 56 heavy (non-hydrogen) atoms. The van der Waals surface area contributed by atoms with E-state index in [0.29, 0.717) is 5.92 Å². The van der Waals surface area contributed by atoms with Crippen LogP contribution in [0.15, 0.2) is 77.8 Å². The van der Waals surface area contributed by atoms with Crippen molar-refractivity contribution in [2.75, 3.05) is 53.2 Å². The molecule has 0 spiro atoms. The molecule has 1 aromatic carbocycles. The first-order valence-electron chi connectivity index (χ1n) is 20.7. The fourth-order valence-corrected chi connectivity index (χ4v) is 11.3. The molecule has 1 unspecified atom stereocenters. The number of aromatic nitrogens is 2. The van der Waals surface area contributed by atoms with Gasteiger partial charge in [-0.05, 0) is 104 Å². The first-order chi connectivity index (χ1) is 27.4. The Morgan fingerprint density at radius 3 is 1.93 bits per heavy atom. The van der Waals surface area contributed by atoms with Crippen LogP contribution in [0.5, 0.6) is 0 Å². The molecule has 0 bridgehead atoms. The van der Waals surface area contributed by atoms with Gasteiger partial charge in [-0.2, -0.15) is 9.13 Å². The first kappa shape index (κ1) is 38.6. The molecule has 3 aromatic rings. The number of carbonyl (C=O) groups is 2. The lowest BCUT2D eigenvalue weighted by Gasteiger charge is -2.43. The van der Waals surface area contributed by atoms with E-state index in [1.165, 1.54) is 92.7 Å². The quantitative estimate of drug-likeness (QED) is 0.103. The van der Waals surface area contributed by atoms with Crippen molar-refractivity contribution in [3.05, 3.63) is 106 Å². The number of anilines is 3. The normalized spacial score (nSPS) is 18.9. The summed E-state index contributed by atoms with van der Waals surface area (Å²) in [5.41, 5.74) is 14.2. The molecule has 4 aliphatic heterocycles. The zero-order chi connectivity index (χ0) is 38.4. The van der Waals surface area contributed by atoms with Crippen molar-refractivity contribution in [3.8, 4) is 0 Å². The van der Waals surface area contributed by atoms with Crippen LogP contribution in [0.25, 0.3) is 18.2 Å². The standard InChI is InChI=1S/C46H54N6O2S2/c1-33(53)47-41-15-21-49(43(31-41)13-11-35-27-37-7-3-17-51-18-4-8-38(28-35)45(37)51)23-25-55-56-26-24-50-22-16-42(48-34(2)54)32-44(50)14-12-36-29-39-9-5-19-52-20-6-10-40(30-36)46(39)52/h11-16,21-22,27-29,31-32,40H,3-10,17-20,23-26,30H2,1-2H3/p+2/b13-11+,14-12+. The van der Waals surface area contributed by atoms with Gasteiger partial charge in [-0.15, -0.1) is 0 Å². The van der Waals surface area contributed by atoms with E-state index >= 15 is 0 Å². The predicted octanol–water partition coefficient (Wildman–Crippen LogP) is 8.23. The Balaban J connectivity index is 0.906. The number of nitrogens with zero attached hydrogens (tertiary/aromatic N) is 4. The maximum atomic E-state index is 11.9. The molecule has 2 aromatic heterocycles. The molecule has 6 heterocycles. The van der Waals surface area contributed by atoms with Crippen molar-refractivity contribution in [1.82, 2.24) is 4.90 Å². The van der Waals surface area contributed by atoms with Crippen molar-refractivity contribution in [2.45, 2.75) is 84.7 Å². The number of aryl methyl sites for hydroxylation is 4. The van der Waals surface area contributed by atoms with Crippen LogP contribution in [-0.4, -0.2) is 54.4 Å². The zero-order valence-corrected chi connectivity index (χ0v) is 34.7. The fraction of sp³-hybridized carbons (Fsp3) is 0.435. The van der Waals surface area contributed by atoms with E-state index < -0.39 is 0 Å². The van der Waals surface area contributed by atoms with Gasteiger partial charge in [-0.25, -0.2) is 0 Å². The monoisotopic (exact) mass is 788 g/mol. The summed E-state index contributed by atoms with van der Waals surface area (Å²) in [6.07, 6.45) is 26.6. The van der Waals surface area contributed by atoms with Crippen LogP contribution in [0, 0.1) is 5.92 Å². The SMILES string of the molecule is CC(=O)Nc1cc[n+](CCSSCC[n+]2ccc(NC(C)=O)cc2/C=C/c2cc3c4c(c2)CCCN4CCC3)c(/C=C/C2=CC3=C4C(CCCN4CCC3)C2)c1. The third-order valence-electron chi connectivity index (χ3n) is 11.7. The third kappa shape index (κ3) is 9.29. The summed E-state index contributed by atoms with van der Waals surface area (Å²) < 4.78 is 4.59.